The number of hydrogen-bond acceptors (Lipinski definition) is 2. The van der Waals surface area contributed by atoms with Gasteiger partial charge in [0.1, 0.15) is 0 Å². The van der Waals surface area contributed by atoms with Crippen LogP contribution in [0.15, 0.2) is 46.9 Å². The number of carbonyl (C=O) groups is 1. The molecule has 0 aliphatic rings. The highest BCUT2D eigenvalue weighted by atomic mass is 79.9. The lowest BCUT2D eigenvalue weighted by molar-refractivity contribution is 0.199. The third kappa shape index (κ3) is 4.46. The molecule has 2 aromatic rings. The lowest BCUT2D eigenvalue weighted by Crippen LogP contribution is -2.19. The van der Waals surface area contributed by atoms with E-state index in [1.165, 1.54) is 0 Å². The topological polar surface area (TPSA) is 61.4 Å². The second-order valence-corrected chi connectivity index (χ2v) is 5.83. The number of hydrogen-bond donors (Lipinski definition) is 3. The van der Waals surface area contributed by atoms with Crippen molar-refractivity contribution in [3.63, 3.8) is 0 Å². The molecule has 0 fully saturated rings. The van der Waals surface area contributed by atoms with Gasteiger partial charge in [0.15, 0.2) is 0 Å². The molecule has 0 aliphatic heterocycles. The maximum atomic E-state index is 12.0. The molecule has 2 aromatic carbocycles. The van der Waals surface area contributed by atoms with E-state index in [4.69, 9.17) is 11.6 Å². The van der Waals surface area contributed by atoms with Crippen LogP contribution in [0.25, 0.3) is 0 Å². The van der Waals surface area contributed by atoms with Crippen molar-refractivity contribution >= 4 is 44.9 Å². The Morgan fingerprint density at radius 2 is 2.00 bits per heavy atom. The van der Waals surface area contributed by atoms with Crippen LogP contribution in [-0.4, -0.2) is 11.1 Å². The van der Waals surface area contributed by atoms with Crippen LogP contribution in [0, 0.1) is 0 Å². The van der Waals surface area contributed by atoms with Gasteiger partial charge in [-0.15, -0.1) is 0 Å². The summed E-state index contributed by atoms with van der Waals surface area (Å²) in [6.07, 6.45) is -0.589. The normalized spacial score (nSPS) is 11.8. The summed E-state index contributed by atoms with van der Waals surface area (Å²) < 4.78 is 0.818. The Hall–Kier alpha value is -1.56. The van der Waals surface area contributed by atoms with Crippen molar-refractivity contribution in [2.24, 2.45) is 0 Å². The van der Waals surface area contributed by atoms with Crippen molar-refractivity contribution in [2.45, 2.75) is 13.0 Å². The molecule has 2 rings (SSSR count). The molecule has 0 heterocycles. The molecule has 3 N–H and O–H groups in total. The molecule has 1 unspecified atom stereocenters. The zero-order chi connectivity index (χ0) is 15.4. The number of benzene rings is 2. The highest BCUT2D eigenvalue weighted by Crippen LogP contribution is 2.26. The minimum absolute atomic E-state index is 0.405. The molecule has 21 heavy (non-hydrogen) atoms. The van der Waals surface area contributed by atoms with E-state index < -0.39 is 12.1 Å². The number of nitrogens with one attached hydrogen (secondary N) is 2. The Labute approximate surface area is 136 Å². The van der Waals surface area contributed by atoms with Crippen molar-refractivity contribution in [1.29, 1.82) is 0 Å². The average molecular weight is 370 g/mol. The average Bonchev–Trinajstić information content (AvgIpc) is 2.43. The number of aliphatic hydroxyl groups excluding tert-OH is 1. The van der Waals surface area contributed by atoms with Crippen LogP contribution in [0.3, 0.4) is 0 Å². The molecule has 0 radical (unpaired) electrons. The Bertz CT molecular complexity index is 662. The van der Waals surface area contributed by atoms with Gasteiger partial charge in [0.25, 0.3) is 0 Å². The molecule has 6 heteroatoms. The van der Waals surface area contributed by atoms with Crippen LogP contribution < -0.4 is 10.6 Å². The quantitative estimate of drug-likeness (QED) is 0.728. The monoisotopic (exact) mass is 368 g/mol. The van der Waals surface area contributed by atoms with Gasteiger partial charge in [-0.2, -0.15) is 0 Å². The number of rotatable bonds is 3. The first kappa shape index (κ1) is 15.8. The van der Waals surface area contributed by atoms with Gasteiger partial charge in [-0.25, -0.2) is 4.79 Å². The molecule has 0 aliphatic carbocycles. The second kappa shape index (κ2) is 6.93. The van der Waals surface area contributed by atoms with E-state index in [2.05, 4.69) is 26.6 Å². The van der Waals surface area contributed by atoms with Crippen molar-refractivity contribution in [3.8, 4) is 0 Å². The summed E-state index contributed by atoms with van der Waals surface area (Å²) in [4.78, 5) is 12.0. The first-order chi connectivity index (χ1) is 9.95. The van der Waals surface area contributed by atoms with Crippen molar-refractivity contribution in [3.05, 3.63) is 57.5 Å². The van der Waals surface area contributed by atoms with E-state index in [0.29, 0.717) is 16.4 Å². The summed E-state index contributed by atoms with van der Waals surface area (Å²) in [5.41, 5.74) is 1.83. The molecule has 0 saturated heterocycles. The lowest BCUT2D eigenvalue weighted by atomic mass is 10.1. The van der Waals surface area contributed by atoms with Gasteiger partial charge in [-0.05, 0) is 42.8 Å². The van der Waals surface area contributed by atoms with Crippen LogP contribution in [0.1, 0.15) is 18.6 Å². The predicted molar refractivity (Wildman–Crippen MR) is 88.9 cm³/mol. The fraction of sp³-hybridized carbons (Fsp3) is 0.133. The number of amides is 2. The van der Waals surface area contributed by atoms with Crippen LogP contribution in [0.2, 0.25) is 5.02 Å². The Kier molecular flexibility index (Phi) is 5.22. The maximum absolute atomic E-state index is 12.0. The van der Waals surface area contributed by atoms with Crippen molar-refractivity contribution in [2.75, 3.05) is 10.6 Å². The lowest BCUT2D eigenvalue weighted by Gasteiger charge is -2.11. The van der Waals surface area contributed by atoms with Crippen LogP contribution in [-0.2, 0) is 0 Å². The summed E-state index contributed by atoms with van der Waals surface area (Å²) in [5.74, 6) is 0. The first-order valence-corrected chi connectivity index (χ1v) is 7.44. The molecule has 0 saturated carbocycles. The fourth-order valence-electron chi connectivity index (χ4n) is 1.75. The number of halogens is 2. The van der Waals surface area contributed by atoms with E-state index >= 15 is 0 Å². The summed E-state index contributed by atoms with van der Waals surface area (Å²) >= 11 is 9.33. The van der Waals surface area contributed by atoms with Gasteiger partial charge in [-0.1, -0.05) is 39.7 Å². The number of carbonyl (C=O) groups excluding carboxylic acids is 1. The summed E-state index contributed by atoms with van der Waals surface area (Å²) in [5, 5.41) is 15.4. The number of anilines is 2. The molecular formula is C15H14BrClN2O2. The molecular weight excluding hydrogens is 356 g/mol. The van der Waals surface area contributed by atoms with Gasteiger partial charge >= 0.3 is 6.03 Å². The third-order valence-electron chi connectivity index (χ3n) is 2.80. The third-order valence-corrected chi connectivity index (χ3v) is 3.63. The predicted octanol–water partition coefficient (Wildman–Crippen LogP) is 4.80. The van der Waals surface area contributed by atoms with Gasteiger partial charge in [0.2, 0.25) is 0 Å². The number of urea groups is 1. The second-order valence-electron chi connectivity index (χ2n) is 4.50. The maximum Gasteiger partial charge on any atom is 0.323 e. The van der Waals surface area contributed by atoms with E-state index in [0.717, 1.165) is 10.0 Å². The Balaban J connectivity index is 2.08. The minimum Gasteiger partial charge on any atom is -0.389 e. The van der Waals surface area contributed by atoms with Gasteiger partial charge in [0.05, 0.1) is 16.8 Å². The standard InChI is InChI=1S/C15H14BrClN2O2/c1-9(20)10-3-2-4-12(7-10)18-15(21)19-14-8-11(16)5-6-13(14)17/h2-9,20H,1H3,(H2,18,19,21). The van der Waals surface area contributed by atoms with E-state index in [1.807, 2.05) is 0 Å². The van der Waals surface area contributed by atoms with Crippen LogP contribution in [0.5, 0.6) is 0 Å². The minimum atomic E-state index is -0.589. The van der Waals surface area contributed by atoms with E-state index in [-0.39, 0.29) is 0 Å². The van der Waals surface area contributed by atoms with Gasteiger partial charge in [0, 0.05) is 10.2 Å². The van der Waals surface area contributed by atoms with Crippen LogP contribution >= 0.6 is 27.5 Å². The molecule has 0 bridgehead atoms. The van der Waals surface area contributed by atoms with E-state index in [1.54, 1.807) is 49.4 Å². The molecule has 4 nitrogen and oxygen atoms in total. The first-order valence-electron chi connectivity index (χ1n) is 6.27. The van der Waals surface area contributed by atoms with Gasteiger partial charge < -0.3 is 15.7 Å². The number of aliphatic hydroxyl groups is 1. The molecule has 110 valence electrons. The molecule has 2 amide bonds. The highest BCUT2D eigenvalue weighted by molar-refractivity contribution is 9.10. The largest absolute Gasteiger partial charge is 0.389 e. The SMILES string of the molecule is CC(O)c1cccc(NC(=O)Nc2cc(Br)ccc2Cl)c1. The van der Waals surface area contributed by atoms with E-state index in [9.17, 15) is 9.90 Å². The fourth-order valence-corrected chi connectivity index (χ4v) is 2.28. The zero-order valence-corrected chi connectivity index (χ0v) is 13.6. The molecule has 0 aromatic heterocycles. The van der Waals surface area contributed by atoms with Crippen LogP contribution in [0.4, 0.5) is 16.2 Å². The zero-order valence-electron chi connectivity index (χ0n) is 11.2. The molecule has 1 atom stereocenters. The molecule has 0 spiro atoms. The smallest absolute Gasteiger partial charge is 0.323 e. The van der Waals surface area contributed by atoms with Gasteiger partial charge in [-0.3, -0.25) is 0 Å². The highest BCUT2D eigenvalue weighted by Gasteiger charge is 2.08. The van der Waals surface area contributed by atoms with Crippen molar-refractivity contribution in [1.82, 2.24) is 0 Å². The Morgan fingerprint density at radius 1 is 1.24 bits per heavy atom. The Morgan fingerprint density at radius 3 is 2.71 bits per heavy atom. The summed E-state index contributed by atoms with van der Waals surface area (Å²) in [7, 11) is 0. The summed E-state index contributed by atoms with van der Waals surface area (Å²) in [6, 6.07) is 11.8. The van der Waals surface area contributed by atoms with Crippen molar-refractivity contribution < 1.29 is 9.90 Å². The summed E-state index contributed by atoms with van der Waals surface area (Å²) in [6.45, 7) is 1.67.